The Bertz CT molecular complexity index is 514. The number of carbonyl (C=O) groups excluding carboxylic acids is 1. The van der Waals surface area contributed by atoms with E-state index >= 15 is 0 Å². The number of rotatable bonds is 3. The summed E-state index contributed by atoms with van der Waals surface area (Å²) in [4.78, 5) is 12.3. The Morgan fingerprint density at radius 3 is 2.86 bits per heavy atom. The summed E-state index contributed by atoms with van der Waals surface area (Å²) in [6.45, 7) is 2.86. The minimum Gasteiger partial charge on any atom is -0.391 e. The maximum atomic E-state index is 12.3. The number of amides is 1. The highest BCUT2D eigenvalue weighted by Gasteiger charge is 2.25. The minimum absolute atomic E-state index is 0. The Labute approximate surface area is 143 Å². The van der Waals surface area contributed by atoms with Crippen LogP contribution in [0.4, 0.5) is 5.69 Å². The summed E-state index contributed by atoms with van der Waals surface area (Å²) in [5, 5.41) is 19.2. The lowest BCUT2D eigenvalue weighted by atomic mass is 9.97. The molecule has 124 valence electrons. The molecule has 1 aromatic rings. The molecular formula is C15H23Cl2N3O2. The molecule has 0 aromatic heterocycles. The van der Waals surface area contributed by atoms with E-state index in [-0.39, 0.29) is 42.7 Å². The molecule has 0 saturated carbocycles. The third-order valence-corrected chi connectivity index (χ3v) is 4.17. The molecule has 0 spiro atoms. The molecule has 2 heterocycles. The van der Waals surface area contributed by atoms with Crippen LogP contribution in [0.15, 0.2) is 18.2 Å². The second-order valence-corrected chi connectivity index (χ2v) is 5.56. The lowest BCUT2D eigenvalue weighted by Crippen LogP contribution is -2.35. The van der Waals surface area contributed by atoms with E-state index in [0.29, 0.717) is 13.1 Å². The number of β-amino-alcohol motifs (C(OH)–C–C–N with tert-alkyl or cyclic N) is 1. The summed E-state index contributed by atoms with van der Waals surface area (Å²) in [7, 11) is 0. The van der Waals surface area contributed by atoms with Crippen LogP contribution in [-0.2, 0) is 6.42 Å². The monoisotopic (exact) mass is 347 g/mol. The van der Waals surface area contributed by atoms with Crippen LogP contribution in [0, 0.1) is 5.92 Å². The molecule has 2 unspecified atom stereocenters. The van der Waals surface area contributed by atoms with Gasteiger partial charge in [-0.1, -0.05) is 6.07 Å². The van der Waals surface area contributed by atoms with Gasteiger partial charge >= 0.3 is 0 Å². The first-order chi connectivity index (χ1) is 9.75. The zero-order valence-corrected chi connectivity index (χ0v) is 13.9. The number of halogens is 2. The van der Waals surface area contributed by atoms with Crippen LogP contribution >= 0.6 is 24.8 Å². The van der Waals surface area contributed by atoms with Gasteiger partial charge in [0, 0.05) is 43.3 Å². The number of benzene rings is 1. The molecule has 5 nitrogen and oxygen atoms in total. The van der Waals surface area contributed by atoms with Gasteiger partial charge in [0.2, 0.25) is 0 Å². The van der Waals surface area contributed by atoms with E-state index < -0.39 is 0 Å². The zero-order chi connectivity index (χ0) is 13.9. The Balaban J connectivity index is 0.00000121. The van der Waals surface area contributed by atoms with E-state index in [1.807, 2.05) is 18.2 Å². The van der Waals surface area contributed by atoms with Crippen molar-refractivity contribution in [2.45, 2.75) is 18.9 Å². The van der Waals surface area contributed by atoms with Gasteiger partial charge in [-0.15, -0.1) is 24.8 Å². The normalized spacial score (nSPS) is 22.6. The standard InChI is InChI=1S/C15H21N3O2.2ClH/c19-14-9-16-7-10(14)8-18-15(20)12-3-1-5-13-11(12)4-2-6-17-13;;/h1,3,5,10,14,16-17,19H,2,4,6-9H2,(H,18,20);2*1H. The van der Waals surface area contributed by atoms with Crippen molar-refractivity contribution in [2.75, 3.05) is 31.5 Å². The summed E-state index contributed by atoms with van der Waals surface area (Å²) >= 11 is 0. The molecule has 1 aromatic carbocycles. The van der Waals surface area contributed by atoms with Crippen molar-refractivity contribution < 1.29 is 9.90 Å². The lowest BCUT2D eigenvalue weighted by Gasteiger charge is -2.21. The van der Waals surface area contributed by atoms with Crippen LogP contribution < -0.4 is 16.0 Å². The molecule has 2 aliphatic rings. The van der Waals surface area contributed by atoms with Gasteiger partial charge in [-0.2, -0.15) is 0 Å². The lowest BCUT2D eigenvalue weighted by molar-refractivity contribution is 0.0926. The van der Waals surface area contributed by atoms with Crippen LogP contribution in [0.5, 0.6) is 0 Å². The van der Waals surface area contributed by atoms with Crippen molar-refractivity contribution in [3.8, 4) is 0 Å². The van der Waals surface area contributed by atoms with Gasteiger partial charge in [0.05, 0.1) is 6.10 Å². The minimum atomic E-state index is -0.360. The number of nitrogens with one attached hydrogen (secondary N) is 3. The van der Waals surface area contributed by atoms with E-state index in [0.717, 1.165) is 42.7 Å². The number of fused-ring (bicyclic) bond motifs is 1. The highest BCUT2D eigenvalue weighted by molar-refractivity contribution is 5.97. The molecule has 2 atom stereocenters. The SMILES string of the molecule is Cl.Cl.O=C(NCC1CNCC1O)c1cccc2c1CCCN2. The number of aliphatic hydroxyl groups is 1. The molecule has 7 heteroatoms. The Kier molecular flexibility index (Phi) is 7.42. The molecule has 3 rings (SSSR count). The molecule has 0 aliphatic carbocycles. The van der Waals surface area contributed by atoms with E-state index in [1.54, 1.807) is 0 Å². The van der Waals surface area contributed by atoms with Gasteiger partial charge in [0.15, 0.2) is 0 Å². The van der Waals surface area contributed by atoms with Gasteiger partial charge in [-0.05, 0) is 30.5 Å². The summed E-state index contributed by atoms with van der Waals surface area (Å²) in [6, 6.07) is 5.82. The summed E-state index contributed by atoms with van der Waals surface area (Å²) < 4.78 is 0. The smallest absolute Gasteiger partial charge is 0.251 e. The number of hydrogen-bond acceptors (Lipinski definition) is 4. The van der Waals surface area contributed by atoms with Crippen molar-refractivity contribution in [1.82, 2.24) is 10.6 Å². The van der Waals surface area contributed by atoms with Crippen molar-refractivity contribution in [2.24, 2.45) is 5.92 Å². The molecule has 0 radical (unpaired) electrons. The van der Waals surface area contributed by atoms with Crippen LogP contribution in [-0.4, -0.2) is 43.3 Å². The first-order valence-electron chi connectivity index (χ1n) is 7.28. The van der Waals surface area contributed by atoms with Crippen molar-refractivity contribution in [3.05, 3.63) is 29.3 Å². The number of hydrogen-bond donors (Lipinski definition) is 4. The molecule has 0 bridgehead atoms. The third kappa shape index (κ3) is 4.04. The van der Waals surface area contributed by atoms with Crippen LogP contribution in [0.2, 0.25) is 0 Å². The van der Waals surface area contributed by atoms with E-state index in [4.69, 9.17) is 0 Å². The second-order valence-electron chi connectivity index (χ2n) is 5.56. The predicted molar refractivity (Wildman–Crippen MR) is 92.4 cm³/mol. The maximum Gasteiger partial charge on any atom is 0.251 e. The molecule has 1 saturated heterocycles. The highest BCUT2D eigenvalue weighted by atomic mass is 35.5. The Hall–Kier alpha value is -1.01. The molecule has 22 heavy (non-hydrogen) atoms. The first-order valence-corrected chi connectivity index (χ1v) is 7.28. The zero-order valence-electron chi connectivity index (χ0n) is 12.3. The largest absolute Gasteiger partial charge is 0.391 e. The quantitative estimate of drug-likeness (QED) is 0.662. The fourth-order valence-electron chi connectivity index (χ4n) is 2.97. The molecular weight excluding hydrogens is 325 g/mol. The molecule has 2 aliphatic heterocycles. The number of carbonyl (C=O) groups is 1. The fraction of sp³-hybridized carbons (Fsp3) is 0.533. The van der Waals surface area contributed by atoms with E-state index in [9.17, 15) is 9.90 Å². The Morgan fingerprint density at radius 1 is 1.32 bits per heavy atom. The first kappa shape index (κ1) is 19.0. The van der Waals surface area contributed by atoms with E-state index in [2.05, 4.69) is 16.0 Å². The summed E-state index contributed by atoms with van der Waals surface area (Å²) in [5.74, 6) is 0.0706. The van der Waals surface area contributed by atoms with Gasteiger partial charge < -0.3 is 21.1 Å². The van der Waals surface area contributed by atoms with Gasteiger partial charge in [-0.25, -0.2) is 0 Å². The maximum absolute atomic E-state index is 12.3. The van der Waals surface area contributed by atoms with Crippen molar-refractivity contribution >= 4 is 36.4 Å². The van der Waals surface area contributed by atoms with Crippen LogP contribution in [0.3, 0.4) is 0 Å². The van der Waals surface area contributed by atoms with Crippen molar-refractivity contribution in [3.63, 3.8) is 0 Å². The third-order valence-electron chi connectivity index (χ3n) is 4.17. The number of aliphatic hydroxyl groups excluding tert-OH is 1. The average molecular weight is 348 g/mol. The molecule has 4 N–H and O–H groups in total. The molecule has 1 fully saturated rings. The van der Waals surface area contributed by atoms with Crippen molar-refractivity contribution in [1.29, 1.82) is 0 Å². The van der Waals surface area contributed by atoms with Crippen LogP contribution in [0.1, 0.15) is 22.3 Å². The average Bonchev–Trinajstić information content (AvgIpc) is 2.89. The molecule has 1 amide bonds. The summed E-state index contributed by atoms with van der Waals surface area (Å²) in [6.07, 6.45) is 1.64. The predicted octanol–water partition coefficient (Wildman–Crippen LogP) is 1.20. The van der Waals surface area contributed by atoms with Gasteiger partial charge in [0.1, 0.15) is 0 Å². The fourth-order valence-corrected chi connectivity index (χ4v) is 2.97. The highest BCUT2D eigenvalue weighted by Crippen LogP contribution is 2.25. The van der Waals surface area contributed by atoms with Crippen LogP contribution in [0.25, 0.3) is 0 Å². The Morgan fingerprint density at radius 2 is 2.14 bits per heavy atom. The second kappa shape index (κ2) is 8.58. The topological polar surface area (TPSA) is 73.4 Å². The van der Waals surface area contributed by atoms with Gasteiger partial charge in [-0.3, -0.25) is 4.79 Å². The summed E-state index contributed by atoms with van der Waals surface area (Å²) in [5.41, 5.74) is 2.95. The van der Waals surface area contributed by atoms with Gasteiger partial charge in [0.25, 0.3) is 5.91 Å². The van der Waals surface area contributed by atoms with E-state index in [1.165, 1.54) is 0 Å². The number of anilines is 1.